The summed E-state index contributed by atoms with van der Waals surface area (Å²) in [6.07, 6.45) is -0.533. The van der Waals surface area contributed by atoms with Gasteiger partial charge < -0.3 is 10.6 Å². The standard InChI is InChI=1S/C16H16F3N5O2/c17-16(18,19)11-6-1-2-7-12(11)20-14(25)9-24-8-13(22-23-24)21-15(26)10-4-3-5-10/h1-2,6-8,10H,3-5,9H2,(H,20,25)(H,21,26). The number of hydrogen-bond acceptors (Lipinski definition) is 4. The van der Waals surface area contributed by atoms with Crippen LogP contribution in [-0.4, -0.2) is 26.8 Å². The molecule has 7 nitrogen and oxygen atoms in total. The molecule has 0 spiro atoms. The Hall–Kier alpha value is -2.91. The number of carbonyl (C=O) groups excluding carboxylic acids is 2. The van der Waals surface area contributed by atoms with Crippen LogP contribution in [0.15, 0.2) is 30.5 Å². The largest absolute Gasteiger partial charge is 0.418 e. The molecule has 1 saturated carbocycles. The summed E-state index contributed by atoms with van der Waals surface area (Å²) in [5.74, 6) is -0.664. The smallest absolute Gasteiger partial charge is 0.324 e. The predicted molar refractivity (Wildman–Crippen MR) is 86.1 cm³/mol. The highest BCUT2D eigenvalue weighted by atomic mass is 19.4. The molecule has 3 rings (SSSR count). The van der Waals surface area contributed by atoms with Crippen molar-refractivity contribution < 1.29 is 22.8 Å². The Labute approximate surface area is 146 Å². The first-order chi connectivity index (χ1) is 12.3. The van der Waals surface area contributed by atoms with E-state index in [2.05, 4.69) is 20.9 Å². The van der Waals surface area contributed by atoms with Gasteiger partial charge in [-0.25, -0.2) is 4.68 Å². The fraction of sp³-hybridized carbons (Fsp3) is 0.375. The Balaban J connectivity index is 1.60. The van der Waals surface area contributed by atoms with Crippen LogP contribution >= 0.6 is 0 Å². The van der Waals surface area contributed by atoms with Crippen molar-refractivity contribution in [1.82, 2.24) is 15.0 Å². The molecule has 0 saturated heterocycles. The Morgan fingerprint density at radius 3 is 2.58 bits per heavy atom. The van der Waals surface area contributed by atoms with Gasteiger partial charge in [0.1, 0.15) is 6.54 Å². The maximum atomic E-state index is 12.9. The van der Waals surface area contributed by atoms with Gasteiger partial charge in [-0.05, 0) is 25.0 Å². The monoisotopic (exact) mass is 367 g/mol. The third kappa shape index (κ3) is 4.19. The lowest BCUT2D eigenvalue weighted by Gasteiger charge is -2.23. The molecule has 1 aliphatic carbocycles. The van der Waals surface area contributed by atoms with Crippen LogP contribution in [0, 0.1) is 5.92 Å². The van der Waals surface area contributed by atoms with Crippen LogP contribution in [0.2, 0.25) is 0 Å². The van der Waals surface area contributed by atoms with E-state index in [1.54, 1.807) is 0 Å². The molecule has 10 heteroatoms. The van der Waals surface area contributed by atoms with E-state index in [-0.39, 0.29) is 29.9 Å². The number of para-hydroxylation sites is 1. The molecule has 0 radical (unpaired) electrons. The van der Waals surface area contributed by atoms with Crippen LogP contribution in [0.4, 0.5) is 24.7 Å². The highest BCUT2D eigenvalue weighted by molar-refractivity contribution is 5.92. The molecule has 0 unspecified atom stereocenters. The van der Waals surface area contributed by atoms with Crippen LogP contribution in [0.25, 0.3) is 0 Å². The number of benzene rings is 1. The number of hydrogen-bond donors (Lipinski definition) is 2. The minimum atomic E-state index is -4.57. The quantitative estimate of drug-likeness (QED) is 0.850. The van der Waals surface area contributed by atoms with Gasteiger partial charge in [-0.1, -0.05) is 23.8 Å². The normalized spacial score (nSPS) is 14.6. The van der Waals surface area contributed by atoms with Crippen LogP contribution in [0.1, 0.15) is 24.8 Å². The zero-order valence-corrected chi connectivity index (χ0v) is 13.6. The molecule has 1 aromatic carbocycles. The molecular formula is C16H16F3N5O2. The highest BCUT2D eigenvalue weighted by Gasteiger charge is 2.33. The van der Waals surface area contributed by atoms with Gasteiger partial charge in [-0.2, -0.15) is 13.2 Å². The van der Waals surface area contributed by atoms with Crippen molar-refractivity contribution in [2.75, 3.05) is 10.6 Å². The second-order valence-corrected chi connectivity index (χ2v) is 6.01. The minimum absolute atomic E-state index is 0.0256. The van der Waals surface area contributed by atoms with Gasteiger partial charge in [0.15, 0.2) is 5.82 Å². The predicted octanol–water partition coefficient (Wildman–Crippen LogP) is 2.67. The van der Waals surface area contributed by atoms with E-state index >= 15 is 0 Å². The van der Waals surface area contributed by atoms with Gasteiger partial charge in [0, 0.05) is 5.92 Å². The van der Waals surface area contributed by atoms with E-state index in [4.69, 9.17) is 0 Å². The summed E-state index contributed by atoms with van der Waals surface area (Å²) in [4.78, 5) is 23.8. The number of alkyl halides is 3. The van der Waals surface area contributed by atoms with E-state index in [0.29, 0.717) is 0 Å². The molecule has 2 aromatic rings. The zero-order valence-electron chi connectivity index (χ0n) is 13.6. The van der Waals surface area contributed by atoms with Crippen molar-refractivity contribution in [3.63, 3.8) is 0 Å². The molecule has 0 aliphatic heterocycles. The van der Waals surface area contributed by atoms with Crippen molar-refractivity contribution >= 4 is 23.3 Å². The molecule has 0 bridgehead atoms. The number of rotatable bonds is 5. The molecule has 1 heterocycles. The topological polar surface area (TPSA) is 88.9 Å². The Kier molecular flexibility index (Phi) is 4.92. The van der Waals surface area contributed by atoms with E-state index < -0.39 is 17.6 Å². The summed E-state index contributed by atoms with van der Waals surface area (Å²) < 4.78 is 39.9. The van der Waals surface area contributed by atoms with Crippen molar-refractivity contribution in [3.8, 4) is 0 Å². The number of carbonyl (C=O) groups is 2. The van der Waals surface area contributed by atoms with E-state index in [0.717, 1.165) is 30.0 Å². The van der Waals surface area contributed by atoms with Crippen molar-refractivity contribution in [2.24, 2.45) is 5.92 Å². The first-order valence-corrected chi connectivity index (χ1v) is 8.00. The maximum absolute atomic E-state index is 12.9. The van der Waals surface area contributed by atoms with Gasteiger partial charge >= 0.3 is 6.18 Å². The van der Waals surface area contributed by atoms with Crippen molar-refractivity contribution in [1.29, 1.82) is 0 Å². The number of anilines is 2. The highest BCUT2D eigenvalue weighted by Crippen LogP contribution is 2.34. The summed E-state index contributed by atoms with van der Waals surface area (Å²) in [6, 6.07) is 4.70. The van der Waals surface area contributed by atoms with E-state index in [9.17, 15) is 22.8 Å². The van der Waals surface area contributed by atoms with Crippen LogP contribution in [0.3, 0.4) is 0 Å². The van der Waals surface area contributed by atoms with Crippen LogP contribution in [-0.2, 0) is 22.3 Å². The average molecular weight is 367 g/mol. The molecule has 2 N–H and O–H groups in total. The number of aromatic nitrogens is 3. The molecule has 2 amide bonds. The minimum Gasteiger partial charge on any atom is -0.324 e. The van der Waals surface area contributed by atoms with Crippen LogP contribution < -0.4 is 10.6 Å². The number of halogens is 3. The number of nitrogens with zero attached hydrogens (tertiary/aromatic N) is 3. The van der Waals surface area contributed by atoms with Gasteiger partial charge in [0.25, 0.3) is 0 Å². The molecule has 138 valence electrons. The summed E-state index contributed by atoms with van der Waals surface area (Å²) in [7, 11) is 0. The maximum Gasteiger partial charge on any atom is 0.418 e. The Morgan fingerprint density at radius 1 is 1.19 bits per heavy atom. The van der Waals surface area contributed by atoms with Crippen molar-refractivity contribution in [2.45, 2.75) is 32.0 Å². The SMILES string of the molecule is O=C(Cn1cc(NC(=O)C2CCC2)nn1)Nc1ccccc1C(F)(F)F. The summed E-state index contributed by atoms with van der Waals surface area (Å²) >= 11 is 0. The molecular weight excluding hydrogens is 351 g/mol. The zero-order chi connectivity index (χ0) is 18.7. The summed E-state index contributed by atoms with van der Waals surface area (Å²) in [5.41, 5.74) is -1.26. The third-order valence-corrected chi connectivity index (χ3v) is 4.08. The molecule has 1 aliphatic rings. The lowest BCUT2D eigenvalue weighted by Crippen LogP contribution is -2.28. The van der Waals surface area contributed by atoms with E-state index in [1.807, 2.05) is 0 Å². The molecule has 1 fully saturated rings. The third-order valence-electron chi connectivity index (χ3n) is 4.08. The Bertz CT molecular complexity index is 814. The Morgan fingerprint density at radius 2 is 1.92 bits per heavy atom. The van der Waals surface area contributed by atoms with Crippen molar-refractivity contribution in [3.05, 3.63) is 36.0 Å². The lowest BCUT2D eigenvalue weighted by atomic mass is 9.85. The average Bonchev–Trinajstić information content (AvgIpc) is 2.91. The molecule has 1 aromatic heterocycles. The number of nitrogens with one attached hydrogen (secondary N) is 2. The summed E-state index contributed by atoms with van der Waals surface area (Å²) in [6.45, 7) is -0.335. The summed E-state index contributed by atoms with van der Waals surface area (Å²) in [5, 5.41) is 12.2. The van der Waals surface area contributed by atoms with Gasteiger partial charge in [-0.3, -0.25) is 9.59 Å². The van der Waals surface area contributed by atoms with Gasteiger partial charge in [0.05, 0.1) is 17.4 Å². The first kappa shape index (κ1) is 17.9. The van der Waals surface area contributed by atoms with E-state index in [1.165, 1.54) is 24.4 Å². The molecule has 0 atom stereocenters. The first-order valence-electron chi connectivity index (χ1n) is 8.00. The van der Waals surface area contributed by atoms with Gasteiger partial charge in [0.2, 0.25) is 11.8 Å². The second kappa shape index (κ2) is 7.14. The second-order valence-electron chi connectivity index (χ2n) is 6.01. The fourth-order valence-corrected chi connectivity index (χ4v) is 2.51. The lowest BCUT2D eigenvalue weighted by molar-refractivity contribution is -0.137. The fourth-order valence-electron chi connectivity index (χ4n) is 2.51. The molecule has 26 heavy (non-hydrogen) atoms. The number of amides is 2. The van der Waals surface area contributed by atoms with Crippen LogP contribution in [0.5, 0.6) is 0 Å². The van der Waals surface area contributed by atoms with Gasteiger partial charge in [-0.15, -0.1) is 5.10 Å².